The molecule has 3 heterocycles. The molecule has 0 bridgehead atoms. The Morgan fingerprint density at radius 1 is 0.943 bits per heavy atom. The third kappa shape index (κ3) is 3.49. The molecule has 3 aliphatic rings. The maximum Gasteiger partial charge on any atom is 0.337 e. The van der Waals surface area contributed by atoms with Crippen LogP contribution < -0.4 is 9.47 Å². The zero-order chi connectivity index (χ0) is 24.1. The molecule has 1 aromatic heterocycles. The lowest BCUT2D eigenvalue weighted by atomic mass is 9.81. The van der Waals surface area contributed by atoms with Crippen molar-refractivity contribution in [3.8, 4) is 22.8 Å². The maximum atomic E-state index is 12.8. The summed E-state index contributed by atoms with van der Waals surface area (Å²) >= 11 is 0. The smallest absolute Gasteiger partial charge is 0.337 e. The first-order valence-corrected chi connectivity index (χ1v) is 12.1. The molecule has 6 rings (SSSR count). The molecule has 1 saturated carbocycles. The molecule has 2 aliphatic heterocycles. The maximum absolute atomic E-state index is 12.8. The second-order valence-electron chi connectivity index (χ2n) is 9.36. The largest absolute Gasteiger partial charge is 0.466 e. The van der Waals surface area contributed by atoms with Crippen molar-refractivity contribution in [3.05, 3.63) is 52.6 Å². The fourth-order valence-electron chi connectivity index (χ4n) is 5.82. The zero-order valence-corrected chi connectivity index (χ0v) is 19.9. The third-order valence-corrected chi connectivity index (χ3v) is 7.44. The minimum atomic E-state index is -0.386. The van der Waals surface area contributed by atoms with E-state index in [0.717, 1.165) is 40.6 Å². The summed E-state index contributed by atoms with van der Waals surface area (Å²) in [6.07, 6.45) is 7.74. The summed E-state index contributed by atoms with van der Waals surface area (Å²) < 4.78 is 23.7. The highest BCUT2D eigenvalue weighted by atomic mass is 16.7. The molecule has 0 spiro atoms. The number of fused-ring (bicyclic) bond motifs is 6. The molecule has 0 saturated heterocycles. The molecule has 180 valence electrons. The van der Waals surface area contributed by atoms with Crippen LogP contribution in [0.4, 0.5) is 0 Å². The van der Waals surface area contributed by atoms with Crippen LogP contribution >= 0.6 is 0 Å². The van der Waals surface area contributed by atoms with Gasteiger partial charge < -0.3 is 23.5 Å². The number of benzene rings is 2. The number of hydrogen-bond acceptors (Lipinski definition) is 6. The summed E-state index contributed by atoms with van der Waals surface area (Å²) in [6, 6.07) is 9.70. The highest BCUT2D eigenvalue weighted by Crippen LogP contribution is 2.49. The minimum Gasteiger partial charge on any atom is -0.466 e. The van der Waals surface area contributed by atoms with Crippen molar-refractivity contribution in [1.29, 1.82) is 0 Å². The van der Waals surface area contributed by atoms with E-state index >= 15 is 0 Å². The molecule has 7 heteroatoms. The number of esters is 2. The van der Waals surface area contributed by atoms with Crippen LogP contribution in [0.1, 0.15) is 59.5 Å². The Kier molecular flexibility index (Phi) is 5.28. The Labute approximate surface area is 203 Å². The number of carbonyl (C=O) groups is 2. The monoisotopic (exact) mass is 473 g/mol. The molecule has 0 atom stereocenters. The zero-order valence-electron chi connectivity index (χ0n) is 19.9. The van der Waals surface area contributed by atoms with Gasteiger partial charge in [0, 0.05) is 16.5 Å². The predicted molar refractivity (Wildman–Crippen MR) is 131 cm³/mol. The van der Waals surface area contributed by atoms with Crippen LogP contribution in [-0.2, 0) is 20.8 Å². The van der Waals surface area contributed by atoms with Gasteiger partial charge in [0.15, 0.2) is 11.5 Å². The van der Waals surface area contributed by atoms with Gasteiger partial charge in [0.05, 0.1) is 37.6 Å². The third-order valence-electron chi connectivity index (χ3n) is 7.44. The molecular weight excluding hydrogens is 446 g/mol. The lowest BCUT2D eigenvalue weighted by Gasteiger charge is -2.24. The Morgan fingerprint density at radius 3 is 2.43 bits per heavy atom. The average molecular weight is 474 g/mol. The Balaban J connectivity index is 1.69. The summed E-state index contributed by atoms with van der Waals surface area (Å²) in [5, 5.41) is 1.11. The molecule has 35 heavy (non-hydrogen) atoms. The minimum absolute atomic E-state index is 0.173. The van der Waals surface area contributed by atoms with Gasteiger partial charge in [-0.05, 0) is 60.2 Å². The molecule has 1 fully saturated rings. The van der Waals surface area contributed by atoms with Crippen molar-refractivity contribution in [2.75, 3.05) is 21.0 Å². The van der Waals surface area contributed by atoms with Crippen molar-refractivity contribution >= 4 is 28.9 Å². The van der Waals surface area contributed by atoms with Crippen molar-refractivity contribution in [2.24, 2.45) is 0 Å². The van der Waals surface area contributed by atoms with E-state index in [1.54, 1.807) is 0 Å². The second kappa shape index (κ2) is 8.48. The number of rotatable bonds is 3. The standard InChI is InChI=1S/C28H27NO6/c1-32-27(30)17-8-9-20-22(11-17)29-14-19(28(31)33-2)10-18-12-23-24(35-15-34-23)13-21(18)26(29)25(20)16-6-4-3-5-7-16/h8-13,16H,3-7,14-15H2,1-2H3. The number of carbonyl (C=O) groups excluding carboxylic acids is 2. The highest BCUT2D eigenvalue weighted by Gasteiger charge is 2.32. The van der Waals surface area contributed by atoms with E-state index in [-0.39, 0.29) is 18.7 Å². The van der Waals surface area contributed by atoms with Crippen molar-refractivity contribution < 1.29 is 28.5 Å². The van der Waals surface area contributed by atoms with Gasteiger partial charge in [-0.1, -0.05) is 25.3 Å². The molecule has 7 nitrogen and oxygen atoms in total. The van der Waals surface area contributed by atoms with Crippen LogP contribution in [0.2, 0.25) is 0 Å². The quantitative estimate of drug-likeness (QED) is 0.472. The van der Waals surface area contributed by atoms with Gasteiger partial charge in [-0.3, -0.25) is 0 Å². The number of aromatic nitrogens is 1. The van der Waals surface area contributed by atoms with Crippen LogP contribution in [0.5, 0.6) is 11.5 Å². The van der Waals surface area contributed by atoms with Gasteiger partial charge in [-0.25, -0.2) is 9.59 Å². The van der Waals surface area contributed by atoms with Crippen molar-refractivity contribution in [3.63, 3.8) is 0 Å². The molecule has 2 aromatic carbocycles. The first-order valence-electron chi connectivity index (χ1n) is 12.1. The van der Waals surface area contributed by atoms with Crippen molar-refractivity contribution in [1.82, 2.24) is 4.57 Å². The Bertz CT molecular complexity index is 1390. The predicted octanol–water partition coefficient (Wildman–Crippen LogP) is 5.44. The molecular formula is C28H27NO6. The van der Waals surface area contributed by atoms with Gasteiger partial charge >= 0.3 is 11.9 Å². The van der Waals surface area contributed by atoms with Gasteiger partial charge in [0.2, 0.25) is 6.79 Å². The topological polar surface area (TPSA) is 76.0 Å². The molecule has 0 N–H and O–H groups in total. The van der Waals surface area contributed by atoms with E-state index in [9.17, 15) is 9.59 Å². The van der Waals surface area contributed by atoms with E-state index in [1.165, 1.54) is 39.0 Å². The fraction of sp³-hybridized carbons (Fsp3) is 0.357. The Hall–Kier alpha value is -3.74. The van der Waals surface area contributed by atoms with E-state index in [4.69, 9.17) is 18.9 Å². The molecule has 1 aliphatic carbocycles. The SMILES string of the molecule is COC(=O)C1=Cc2cc3c(cc2-c2c(C4CCCCC4)c4ccc(C(=O)OC)cc4n2C1)OCO3. The Morgan fingerprint density at radius 2 is 1.69 bits per heavy atom. The molecule has 0 amide bonds. The summed E-state index contributed by atoms with van der Waals surface area (Å²) in [4.78, 5) is 25.2. The van der Waals surface area contributed by atoms with Gasteiger partial charge in [-0.15, -0.1) is 0 Å². The first kappa shape index (κ1) is 21.8. The fourth-order valence-corrected chi connectivity index (χ4v) is 5.82. The van der Waals surface area contributed by atoms with E-state index in [0.29, 0.717) is 35.1 Å². The van der Waals surface area contributed by atoms with E-state index in [2.05, 4.69) is 4.57 Å². The lowest BCUT2D eigenvalue weighted by Crippen LogP contribution is -2.12. The molecule has 0 radical (unpaired) electrons. The number of ether oxygens (including phenoxy) is 4. The van der Waals surface area contributed by atoms with E-state index < -0.39 is 0 Å². The van der Waals surface area contributed by atoms with Crippen LogP contribution in [0.15, 0.2) is 35.9 Å². The number of methoxy groups -OCH3 is 2. The van der Waals surface area contributed by atoms with E-state index in [1.807, 2.05) is 36.4 Å². The number of hydrogen-bond donors (Lipinski definition) is 0. The normalized spacial score (nSPS) is 16.8. The second-order valence-corrected chi connectivity index (χ2v) is 9.36. The van der Waals surface area contributed by atoms with Crippen LogP contribution in [0, 0.1) is 0 Å². The first-order chi connectivity index (χ1) is 17.1. The van der Waals surface area contributed by atoms with Crippen LogP contribution in [-0.4, -0.2) is 37.5 Å². The average Bonchev–Trinajstić information content (AvgIpc) is 3.44. The van der Waals surface area contributed by atoms with Gasteiger partial charge in [0.25, 0.3) is 0 Å². The van der Waals surface area contributed by atoms with Crippen LogP contribution in [0.3, 0.4) is 0 Å². The number of nitrogens with zero attached hydrogens (tertiary/aromatic N) is 1. The summed E-state index contributed by atoms with van der Waals surface area (Å²) in [5.41, 5.74) is 6.14. The summed E-state index contributed by atoms with van der Waals surface area (Å²) in [5.74, 6) is 0.986. The summed E-state index contributed by atoms with van der Waals surface area (Å²) in [6.45, 7) is 0.504. The van der Waals surface area contributed by atoms with Crippen molar-refractivity contribution in [2.45, 2.75) is 44.6 Å². The molecule has 0 unspecified atom stereocenters. The summed E-state index contributed by atoms with van der Waals surface area (Å²) in [7, 11) is 2.78. The van der Waals surface area contributed by atoms with Gasteiger partial charge in [0.1, 0.15) is 0 Å². The lowest BCUT2D eigenvalue weighted by molar-refractivity contribution is -0.136. The molecule has 3 aromatic rings. The van der Waals surface area contributed by atoms with Crippen LogP contribution in [0.25, 0.3) is 28.2 Å². The highest BCUT2D eigenvalue weighted by molar-refractivity contribution is 6.02. The van der Waals surface area contributed by atoms with Gasteiger partial charge in [-0.2, -0.15) is 0 Å².